The quantitative estimate of drug-likeness (QED) is 0.573. The summed E-state index contributed by atoms with van der Waals surface area (Å²) in [7, 11) is 3.22. The normalized spacial score (nSPS) is 10.7. The number of ether oxygens (including phenoxy) is 2. The van der Waals surface area contributed by atoms with Crippen molar-refractivity contribution >= 4 is 16.7 Å². The highest BCUT2D eigenvalue weighted by atomic mass is 16.5. The second-order valence-electron chi connectivity index (χ2n) is 6.17. The summed E-state index contributed by atoms with van der Waals surface area (Å²) < 4.78 is 10.5. The molecule has 0 N–H and O–H groups in total. The van der Waals surface area contributed by atoms with E-state index >= 15 is 0 Å². The maximum atomic E-state index is 13.2. The highest BCUT2D eigenvalue weighted by molar-refractivity contribution is 5.98. The molecule has 2 aromatic heterocycles. The van der Waals surface area contributed by atoms with Gasteiger partial charge in [0.15, 0.2) is 0 Å². The lowest BCUT2D eigenvalue weighted by atomic mass is 10.1. The first-order valence-corrected chi connectivity index (χ1v) is 8.84. The van der Waals surface area contributed by atoms with E-state index in [0.717, 1.165) is 22.8 Å². The highest BCUT2D eigenvalue weighted by Crippen LogP contribution is 2.25. The molecule has 6 heteroatoms. The molecular weight excluding hydrogens is 342 g/mol. The average Bonchev–Trinajstić information content (AvgIpc) is 2.72. The Labute approximate surface area is 158 Å². The lowest BCUT2D eigenvalue weighted by molar-refractivity contribution is 0.0717. The Hall–Kier alpha value is -2.99. The number of hydrogen-bond donors (Lipinski definition) is 0. The third-order valence-corrected chi connectivity index (χ3v) is 4.30. The Bertz CT molecular complexity index is 900. The van der Waals surface area contributed by atoms with E-state index in [1.807, 2.05) is 42.5 Å². The predicted octanol–water partition coefficient (Wildman–Crippen LogP) is 3.32. The topological polar surface area (TPSA) is 64.5 Å². The third-order valence-electron chi connectivity index (χ3n) is 4.30. The van der Waals surface area contributed by atoms with Crippen LogP contribution in [-0.4, -0.2) is 48.1 Å². The minimum atomic E-state index is -0.132. The molecule has 140 valence electrons. The van der Waals surface area contributed by atoms with Crippen LogP contribution < -0.4 is 4.74 Å². The fourth-order valence-electron chi connectivity index (χ4n) is 2.95. The van der Waals surface area contributed by atoms with Crippen LogP contribution in [0.3, 0.4) is 0 Å². The Balaban J connectivity index is 1.91. The van der Waals surface area contributed by atoms with Crippen molar-refractivity contribution in [1.29, 1.82) is 0 Å². The van der Waals surface area contributed by atoms with E-state index in [0.29, 0.717) is 31.3 Å². The van der Waals surface area contributed by atoms with Gasteiger partial charge in [-0.3, -0.25) is 9.78 Å². The van der Waals surface area contributed by atoms with Gasteiger partial charge in [-0.2, -0.15) is 0 Å². The van der Waals surface area contributed by atoms with Gasteiger partial charge in [-0.1, -0.05) is 18.2 Å². The Morgan fingerprint density at radius 1 is 1.11 bits per heavy atom. The first kappa shape index (κ1) is 18.8. The summed E-state index contributed by atoms with van der Waals surface area (Å²) >= 11 is 0. The van der Waals surface area contributed by atoms with Crippen LogP contribution >= 0.6 is 0 Å². The summed E-state index contributed by atoms with van der Waals surface area (Å²) in [6, 6.07) is 13.4. The number of hydrogen-bond acceptors (Lipinski definition) is 5. The summed E-state index contributed by atoms with van der Waals surface area (Å²) in [4.78, 5) is 23.5. The molecule has 0 saturated carbocycles. The van der Waals surface area contributed by atoms with Crippen LogP contribution in [0.2, 0.25) is 0 Å². The van der Waals surface area contributed by atoms with Crippen LogP contribution in [-0.2, 0) is 11.3 Å². The second-order valence-corrected chi connectivity index (χ2v) is 6.17. The van der Waals surface area contributed by atoms with Crippen LogP contribution in [0, 0.1) is 0 Å². The molecule has 3 rings (SSSR count). The number of amides is 1. The lowest BCUT2D eigenvalue weighted by Gasteiger charge is -2.23. The van der Waals surface area contributed by atoms with Crippen LogP contribution in [0.25, 0.3) is 10.8 Å². The number of rotatable bonds is 8. The zero-order chi connectivity index (χ0) is 19.1. The van der Waals surface area contributed by atoms with E-state index in [-0.39, 0.29) is 5.91 Å². The molecule has 0 atom stereocenters. The van der Waals surface area contributed by atoms with Gasteiger partial charge in [0.25, 0.3) is 5.91 Å². The number of pyridine rings is 2. The number of methoxy groups -OCH3 is 2. The van der Waals surface area contributed by atoms with E-state index < -0.39 is 0 Å². The molecule has 0 fully saturated rings. The average molecular weight is 365 g/mol. The predicted molar refractivity (Wildman–Crippen MR) is 104 cm³/mol. The van der Waals surface area contributed by atoms with Gasteiger partial charge >= 0.3 is 0 Å². The van der Waals surface area contributed by atoms with Gasteiger partial charge < -0.3 is 14.4 Å². The van der Waals surface area contributed by atoms with Gasteiger partial charge in [-0.15, -0.1) is 0 Å². The Morgan fingerprint density at radius 3 is 2.63 bits per heavy atom. The largest absolute Gasteiger partial charge is 0.481 e. The summed E-state index contributed by atoms with van der Waals surface area (Å²) in [6.45, 7) is 1.66. The van der Waals surface area contributed by atoms with Crippen LogP contribution in [0.4, 0.5) is 0 Å². The van der Waals surface area contributed by atoms with Crippen LogP contribution in [0.15, 0.2) is 54.9 Å². The molecule has 0 aliphatic carbocycles. The SMILES string of the molecule is COCCCN(Cc1ccncc1)C(=O)c1cc2ccccc2c(OC)n1. The first-order chi connectivity index (χ1) is 13.2. The lowest BCUT2D eigenvalue weighted by Crippen LogP contribution is -2.32. The maximum absolute atomic E-state index is 13.2. The van der Waals surface area contributed by atoms with Gasteiger partial charge in [-0.25, -0.2) is 4.98 Å². The standard InChI is InChI=1S/C21H23N3O3/c1-26-13-5-12-24(15-16-8-10-22-11-9-16)21(25)19-14-17-6-3-4-7-18(17)20(23-19)27-2/h3-4,6-11,14H,5,12-13,15H2,1-2H3. The van der Waals surface area contributed by atoms with Gasteiger partial charge in [0, 0.05) is 44.6 Å². The van der Waals surface area contributed by atoms with Crippen molar-refractivity contribution in [2.24, 2.45) is 0 Å². The number of carbonyl (C=O) groups excluding carboxylic acids is 1. The first-order valence-electron chi connectivity index (χ1n) is 8.84. The molecule has 0 bridgehead atoms. The molecule has 0 radical (unpaired) electrons. The molecule has 3 aromatic rings. The zero-order valence-corrected chi connectivity index (χ0v) is 15.6. The molecule has 0 spiro atoms. The van der Waals surface area contributed by atoms with E-state index in [9.17, 15) is 4.79 Å². The number of nitrogens with zero attached hydrogens (tertiary/aromatic N) is 3. The molecule has 6 nitrogen and oxygen atoms in total. The molecule has 0 unspecified atom stereocenters. The second kappa shape index (κ2) is 9.09. The van der Waals surface area contributed by atoms with Gasteiger partial charge in [0.2, 0.25) is 5.88 Å². The van der Waals surface area contributed by atoms with Crippen molar-refractivity contribution in [3.05, 3.63) is 66.1 Å². The van der Waals surface area contributed by atoms with Crippen molar-refractivity contribution < 1.29 is 14.3 Å². The fourth-order valence-corrected chi connectivity index (χ4v) is 2.95. The zero-order valence-electron chi connectivity index (χ0n) is 15.6. The molecule has 1 aromatic carbocycles. The minimum Gasteiger partial charge on any atom is -0.481 e. The number of aromatic nitrogens is 2. The van der Waals surface area contributed by atoms with Crippen molar-refractivity contribution in [2.45, 2.75) is 13.0 Å². The van der Waals surface area contributed by atoms with Crippen molar-refractivity contribution in [2.75, 3.05) is 27.4 Å². The number of carbonyl (C=O) groups is 1. The minimum absolute atomic E-state index is 0.132. The van der Waals surface area contributed by atoms with E-state index in [2.05, 4.69) is 9.97 Å². The van der Waals surface area contributed by atoms with Gasteiger partial charge in [0.1, 0.15) is 5.69 Å². The molecule has 2 heterocycles. The third kappa shape index (κ3) is 4.60. The van der Waals surface area contributed by atoms with Gasteiger partial charge in [0.05, 0.1) is 7.11 Å². The highest BCUT2D eigenvalue weighted by Gasteiger charge is 2.19. The summed E-state index contributed by atoms with van der Waals surface area (Å²) in [5.41, 5.74) is 1.39. The van der Waals surface area contributed by atoms with Gasteiger partial charge in [-0.05, 0) is 41.6 Å². The van der Waals surface area contributed by atoms with E-state index in [1.165, 1.54) is 0 Å². The summed E-state index contributed by atoms with van der Waals surface area (Å²) in [5.74, 6) is 0.323. The maximum Gasteiger partial charge on any atom is 0.272 e. The number of fused-ring (bicyclic) bond motifs is 1. The van der Waals surface area contributed by atoms with Crippen molar-refractivity contribution in [1.82, 2.24) is 14.9 Å². The molecule has 0 saturated heterocycles. The molecule has 0 aliphatic heterocycles. The fraction of sp³-hybridized carbons (Fsp3) is 0.286. The smallest absolute Gasteiger partial charge is 0.272 e. The number of benzene rings is 1. The Kier molecular flexibility index (Phi) is 6.33. The molecule has 1 amide bonds. The van der Waals surface area contributed by atoms with E-state index in [4.69, 9.17) is 9.47 Å². The Morgan fingerprint density at radius 2 is 1.89 bits per heavy atom. The van der Waals surface area contributed by atoms with Crippen LogP contribution in [0.1, 0.15) is 22.5 Å². The molecule has 0 aliphatic rings. The summed E-state index contributed by atoms with van der Waals surface area (Å²) in [6.07, 6.45) is 4.20. The monoisotopic (exact) mass is 365 g/mol. The van der Waals surface area contributed by atoms with Crippen molar-refractivity contribution in [3.8, 4) is 5.88 Å². The molecular formula is C21H23N3O3. The van der Waals surface area contributed by atoms with Crippen molar-refractivity contribution in [3.63, 3.8) is 0 Å². The van der Waals surface area contributed by atoms with E-state index in [1.54, 1.807) is 31.5 Å². The summed E-state index contributed by atoms with van der Waals surface area (Å²) in [5, 5.41) is 1.81. The molecule has 27 heavy (non-hydrogen) atoms. The van der Waals surface area contributed by atoms with Crippen LogP contribution in [0.5, 0.6) is 5.88 Å².